The lowest BCUT2D eigenvalue weighted by Crippen LogP contribution is -2.15. The van der Waals surface area contributed by atoms with E-state index in [-0.39, 0.29) is 17.1 Å². The maximum atomic E-state index is 12.5. The Morgan fingerprint density at radius 1 is 1.28 bits per heavy atom. The van der Waals surface area contributed by atoms with Crippen molar-refractivity contribution < 1.29 is 27.8 Å². The Balaban J connectivity index is 2.34. The fourth-order valence-electron chi connectivity index (χ4n) is 2.48. The van der Waals surface area contributed by atoms with Gasteiger partial charge in [0, 0.05) is 5.69 Å². The highest BCUT2D eigenvalue weighted by Gasteiger charge is 2.24. The van der Waals surface area contributed by atoms with E-state index in [9.17, 15) is 18.4 Å². The monoisotopic (exact) mass is 352 g/mol. The summed E-state index contributed by atoms with van der Waals surface area (Å²) >= 11 is 0. The molecular formula is C17H18F2N2O4. The number of ether oxygens (including phenoxy) is 2. The van der Waals surface area contributed by atoms with Crippen LogP contribution < -0.4 is 10.1 Å². The Labute approximate surface area is 143 Å². The molecule has 0 unspecified atom stereocenters. The van der Waals surface area contributed by atoms with Gasteiger partial charge in [0.2, 0.25) is 0 Å². The number of hydrogen-bond donors (Lipinski definition) is 2. The number of rotatable bonds is 6. The van der Waals surface area contributed by atoms with Gasteiger partial charge in [-0.05, 0) is 31.0 Å². The molecule has 2 N–H and O–H groups in total. The van der Waals surface area contributed by atoms with Gasteiger partial charge in [0.1, 0.15) is 11.4 Å². The SMILES string of the molecule is CCc1[nH]c(C(=O)Nc2ccccc2OC(F)F)c(C)c1C(=O)OC. The summed E-state index contributed by atoms with van der Waals surface area (Å²) in [4.78, 5) is 27.3. The number of aryl methyl sites for hydroxylation is 1. The summed E-state index contributed by atoms with van der Waals surface area (Å²) in [6.45, 7) is 0.423. The lowest BCUT2D eigenvalue weighted by molar-refractivity contribution is -0.0493. The molecular weight excluding hydrogens is 334 g/mol. The number of hydrogen-bond acceptors (Lipinski definition) is 4. The zero-order valence-corrected chi connectivity index (χ0v) is 14.0. The summed E-state index contributed by atoms with van der Waals surface area (Å²) in [6, 6.07) is 5.85. The van der Waals surface area contributed by atoms with E-state index in [0.29, 0.717) is 23.2 Å². The molecule has 0 atom stereocenters. The number of para-hydroxylation sites is 2. The number of aromatic amines is 1. The number of carbonyl (C=O) groups is 2. The van der Waals surface area contributed by atoms with Crippen LogP contribution in [0.15, 0.2) is 24.3 Å². The summed E-state index contributed by atoms with van der Waals surface area (Å²) in [5.74, 6) is -1.28. The van der Waals surface area contributed by atoms with Crippen molar-refractivity contribution in [1.82, 2.24) is 4.98 Å². The van der Waals surface area contributed by atoms with Crippen LogP contribution in [-0.2, 0) is 11.2 Å². The number of benzene rings is 1. The van der Waals surface area contributed by atoms with Crippen LogP contribution in [0.5, 0.6) is 5.75 Å². The summed E-state index contributed by atoms with van der Waals surface area (Å²) in [5.41, 5.74) is 1.54. The average Bonchev–Trinajstić information content (AvgIpc) is 2.92. The molecule has 1 heterocycles. The van der Waals surface area contributed by atoms with Crippen LogP contribution in [0, 0.1) is 6.92 Å². The average molecular weight is 352 g/mol. The van der Waals surface area contributed by atoms with Crippen LogP contribution in [0.2, 0.25) is 0 Å². The molecule has 1 aromatic heterocycles. The summed E-state index contributed by atoms with van der Waals surface area (Å²) < 4.78 is 34.1. The fourth-order valence-corrected chi connectivity index (χ4v) is 2.48. The zero-order chi connectivity index (χ0) is 18.6. The second-order valence-electron chi connectivity index (χ2n) is 5.15. The summed E-state index contributed by atoms with van der Waals surface area (Å²) in [5, 5.41) is 2.51. The molecule has 0 radical (unpaired) electrons. The van der Waals surface area contributed by atoms with Crippen molar-refractivity contribution >= 4 is 17.6 Å². The number of carbonyl (C=O) groups excluding carboxylic acids is 2. The molecule has 6 nitrogen and oxygen atoms in total. The number of halogens is 2. The van der Waals surface area contributed by atoms with Gasteiger partial charge in [0.15, 0.2) is 0 Å². The van der Waals surface area contributed by atoms with Crippen LogP contribution in [0.4, 0.5) is 14.5 Å². The normalized spacial score (nSPS) is 10.6. The van der Waals surface area contributed by atoms with Gasteiger partial charge in [-0.1, -0.05) is 19.1 Å². The van der Waals surface area contributed by atoms with Crippen molar-refractivity contribution in [3.63, 3.8) is 0 Å². The number of nitrogens with one attached hydrogen (secondary N) is 2. The molecule has 8 heteroatoms. The number of amides is 1. The molecule has 0 saturated carbocycles. The molecule has 0 bridgehead atoms. The minimum Gasteiger partial charge on any atom is -0.465 e. The van der Waals surface area contributed by atoms with Gasteiger partial charge >= 0.3 is 12.6 Å². The minimum absolute atomic E-state index is 0.0967. The van der Waals surface area contributed by atoms with Crippen molar-refractivity contribution in [3.05, 3.63) is 46.8 Å². The molecule has 134 valence electrons. The molecule has 0 aliphatic heterocycles. The zero-order valence-electron chi connectivity index (χ0n) is 14.0. The van der Waals surface area contributed by atoms with E-state index in [4.69, 9.17) is 4.74 Å². The van der Waals surface area contributed by atoms with E-state index in [1.54, 1.807) is 13.0 Å². The van der Waals surface area contributed by atoms with Crippen LogP contribution in [0.3, 0.4) is 0 Å². The molecule has 2 aromatic rings. The first-order valence-corrected chi connectivity index (χ1v) is 7.53. The highest BCUT2D eigenvalue weighted by atomic mass is 19.3. The number of esters is 1. The third-order valence-electron chi connectivity index (χ3n) is 3.65. The first kappa shape index (κ1) is 18.4. The first-order chi connectivity index (χ1) is 11.9. The van der Waals surface area contributed by atoms with Gasteiger partial charge in [0.25, 0.3) is 5.91 Å². The maximum absolute atomic E-state index is 12.5. The Bertz CT molecular complexity index is 787. The Morgan fingerprint density at radius 2 is 1.96 bits per heavy atom. The van der Waals surface area contributed by atoms with Crippen LogP contribution in [-0.4, -0.2) is 30.6 Å². The van der Waals surface area contributed by atoms with Gasteiger partial charge in [-0.2, -0.15) is 8.78 Å². The maximum Gasteiger partial charge on any atom is 0.387 e. The number of alkyl halides is 2. The smallest absolute Gasteiger partial charge is 0.387 e. The number of aromatic nitrogens is 1. The van der Waals surface area contributed by atoms with Crippen molar-refractivity contribution in [2.45, 2.75) is 26.9 Å². The lowest BCUT2D eigenvalue weighted by Gasteiger charge is -2.11. The third kappa shape index (κ3) is 3.96. The third-order valence-corrected chi connectivity index (χ3v) is 3.65. The highest BCUT2D eigenvalue weighted by Crippen LogP contribution is 2.27. The van der Waals surface area contributed by atoms with Crippen LogP contribution >= 0.6 is 0 Å². The predicted molar refractivity (Wildman–Crippen MR) is 87.3 cm³/mol. The molecule has 0 saturated heterocycles. The van der Waals surface area contributed by atoms with Gasteiger partial charge in [0.05, 0.1) is 18.4 Å². The topological polar surface area (TPSA) is 80.4 Å². The Hall–Kier alpha value is -2.90. The van der Waals surface area contributed by atoms with E-state index in [1.807, 2.05) is 6.92 Å². The van der Waals surface area contributed by atoms with Crippen molar-refractivity contribution in [2.75, 3.05) is 12.4 Å². The molecule has 0 aliphatic rings. The fraction of sp³-hybridized carbons (Fsp3) is 0.294. The van der Waals surface area contributed by atoms with E-state index < -0.39 is 18.5 Å². The molecule has 1 amide bonds. The lowest BCUT2D eigenvalue weighted by atomic mass is 10.1. The van der Waals surface area contributed by atoms with Crippen LogP contribution in [0.25, 0.3) is 0 Å². The molecule has 1 aromatic carbocycles. The van der Waals surface area contributed by atoms with E-state index in [2.05, 4.69) is 15.0 Å². The quantitative estimate of drug-likeness (QED) is 0.780. The summed E-state index contributed by atoms with van der Waals surface area (Å²) in [6.07, 6.45) is 0.490. The van der Waals surface area contributed by atoms with E-state index >= 15 is 0 Å². The second kappa shape index (κ2) is 7.78. The molecule has 25 heavy (non-hydrogen) atoms. The summed E-state index contributed by atoms with van der Waals surface area (Å²) in [7, 11) is 1.26. The largest absolute Gasteiger partial charge is 0.465 e. The Kier molecular flexibility index (Phi) is 5.74. The Morgan fingerprint density at radius 3 is 2.56 bits per heavy atom. The van der Waals surface area contributed by atoms with Gasteiger partial charge in [-0.25, -0.2) is 4.79 Å². The molecule has 0 fully saturated rings. The van der Waals surface area contributed by atoms with E-state index in [0.717, 1.165) is 0 Å². The van der Waals surface area contributed by atoms with Crippen molar-refractivity contribution in [2.24, 2.45) is 0 Å². The van der Waals surface area contributed by atoms with Gasteiger partial charge in [-0.15, -0.1) is 0 Å². The first-order valence-electron chi connectivity index (χ1n) is 7.53. The molecule has 0 spiro atoms. The standard InChI is InChI=1S/C17H18F2N2O4/c1-4-10-13(16(23)24-3)9(2)14(20-10)15(22)21-11-7-5-6-8-12(11)25-17(18)19/h5-8,17,20H,4H2,1-3H3,(H,21,22). The number of methoxy groups -OCH3 is 1. The highest BCUT2D eigenvalue weighted by molar-refractivity contribution is 6.07. The number of anilines is 1. The van der Waals surface area contributed by atoms with E-state index in [1.165, 1.54) is 25.3 Å². The van der Waals surface area contributed by atoms with Crippen molar-refractivity contribution in [1.29, 1.82) is 0 Å². The van der Waals surface area contributed by atoms with Gasteiger partial charge < -0.3 is 19.8 Å². The predicted octanol–water partition coefficient (Wildman–Crippen LogP) is 3.53. The minimum atomic E-state index is -3.01. The van der Waals surface area contributed by atoms with Crippen molar-refractivity contribution in [3.8, 4) is 5.75 Å². The number of H-pyrrole nitrogens is 1. The van der Waals surface area contributed by atoms with Gasteiger partial charge in [-0.3, -0.25) is 4.79 Å². The molecule has 0 aliphatic carbocycles. The molecule has 2 rings (SSSR count). The van der Waals surface area contributed by atoms with Crippen LogP contribution in [0.1, 0.15) is 39.0 Å². The second-order valence-corrected chi connectivity index (χ2v) is 5.15.